The minimum Gasteiger partial charge on any atom is -0.309 e. The standard InChI is InChI=1S/C13H15N3S3/c1-9(2)14-8-10-12(19-11-4-3-6-17-11)15-13-16(10)5-7-18-13/h3-7,9,14H,8H2,1-2H3. The summed E-state index contributed by atoms with van der Waals surface area (Å²) in [6.45, 7) is 5.18. The Morgan fingerprint density at radius 1 is 1.37 bits per heavy atom. The van der Waals surface area contributed by atoms with E-state index in [1.54, 1.807) is 34.4 Å². The van der Waals surface area contributed by atoms with E-state index in [1.807, 2.05) is 0 Å². The minimum absolute atomic E-state index is 0.476. The first kappa shape index (κ1) is 13.2. The van der Waals surface area contributed by atoms with Gasteiger partial charge in [-0.1, -0.05) is 31.7 Å². The third kappa shape index (κ3) is 2.86. The van der Waals surface area contributed by atoms with Gasteiger partial charge in [0.2, 0.25) is 0 Å². The fraction of sp³-hybridized carbons (Fsp3) is 0.308. The maximum Gasteiger partial charge on any atom is 0.194 e. The molecule has 1 N–H and O–H groups in total. The topological polar surface area (TPSA) is 29.3 Å². The molecule has 0 fully saturated rings. The van der Waals surface area contributed by atoms with E-state index in [4.69, 9.17) is 4.98 Å². The van der Waals surface area contributed by atoms with Crippen molar-refractivity contribution < 1.29 is 0 Å². The molecule has 0 spiro atoms. The maximum atomic E-state index is 4.74. The highest BCUT2D eigenvalue weighted by Gasteiger charge is 2.14. The predicted octanol–water partition coefficient (Wildman–Crippen LogP) is 4.11. The highest BCUT2D eigenvalue weighted by molar-refractivity contribution is 8.01. The summed E-state index contributed by atoms with van der Waals surface area (Å²) in [6, 6.07) is 4.70. The zero-order valence-corrected chi connectivity index (χ0v) is 13.2. The number of imidazole rings is 1. The average molecular weight is 309 g/mol. The third-order valence-electron chi connectivity index (χ3n) is 2.69. The maximum absolute atomic E-state index is 4.74. The van der Waals surface area contributed by atoms with Crippen LogP contribution in [-0.4, -0.2) is 15.4 Å². The lowest BCUT2D eigenvalue weighted by Crippen LogP contribution is -2.22. The molecule has 0 radical (unpaired) electrons. The van der Waals surface area contributed by atoms with Crippen molar-refractivity contribution >= 4 is 39.4 Å². The van der Waals surface area contributed by atoms with E-state index >= 15 is 0 Å². The molecule has 19 heavy (non-hydrogen) atoms. The van der Waals surface area contributed by atoms with E-state index in [1.165, 1.54) is 9.90 Å². The van der Waals surface area contributed by atoms with Crippen molar-refractivity contribution in [2.24, 2.45) is 0 Å². The van der Waals surface area contributed by atoms with Gasteiger partial charge in [-0.25, -0.2) is 4.98 Å². The minimum atomic E-state index is 0.476. The van der Waals surface area contributed by atoms with Crippen molar-refractivity contribution in [3.63, 3.8) is 0 Å². The number of nitrogens with one attached hydrogen (secondary N) is 1. The van der Waals surface area contributed by atoms with Crippen molar-refractivity contribution in [2.75, 3.05) is 0 Å². The number of thiophene rings is 1. The van der Waals surface area contributed by atoms with Crippen LogP contribution in [0.1, 0.15) is 19.5 Å². The second-order valence-electron chi connectivity index (χ2n) is 4.49. The van der Waals surface area contributed by atoms with Crippen molar-refractivity contribution in [2.45, 2.75) is 35.7 Å². The van der Waals surface area contributed by atoms with Crippen LogP contribution in [0.4, 0.5) is 0 Å². The molecule has 3 nitrogen and oxygen atoms in total. The smallest absolute Gasteiger partial charge is 0.194 e. The quantitative estimate of drug-likeness (QED) is 0.769. The Balaban J connectivity index is 1.93. The number of hydrogen-bond donors (Lipinski definition) is 1. The van der Waals surface area contributed by atoms with Gasteiger partial charge < -0.3 is 5.32 Å². The van der Waals surface area contributed by atoms with Gasteiger partial charge in [-0.3, -0.25) is 4.40 Å². The Kier molecular flexibility index (Phi) is 3.93. The van der Waals surface area contributed by atoms with Crippen molar-refractivity contribution in [3.05, 3.63) is 34.8 Å². The molecule has 0 saturated heterocycles. The Labute approximate surface area is 124 Å². The largest absolute Gasteiger partial charge is 0.309 e. The van der Waals surface area contributed by atoms with E-state index < -0.39 is 0 Å². The van der Waals surface area contributed by atoms with Gasteiger partial charge >= 0.3 is 0 Å². The van der Waals surface area contributed by atoms with Gasteiger partial charge in [0, 0.05) is 24.2 Å². The Morgan fingerprint density at radius 2 is 2.26 bits per heavy atom. The number of nitrogens with zero attached hydrogens (tertiary/aromatic N) is 2. The number of rotatable bonds is 5. The van der Waals surface area contributed by atoms with Crippen molar-refractivity contribution in [3.8, 4) is 0 Å². The number of thiazole rings is 1. The van der Waals surface area contributed by atoms with Gasteiger partial charge in [-0.15, -0.1) is 22.7 Å². The van der Waals surface area contributed by atoms with Crippen LogP contribution in [0.15, 0.2) is 38.3 Å². The first-order valence-corrected chi connectivity index (χ1v) is 8.71. The molecule has 0 aliphatic rings. The molecular weight excluding hydrogens is 294 g/mol. The van der Waals surface area contributed by atoms with Gasteiger partial charge in [0.05, 0.1) is 9.90 Å². The Morgan fingerprint density at radius 3 is 3.00 bits per heavy atom. The van der Waals surface area contributed by atoms with E-state index in [0.29, 0.717) is 6.04 Å². The van der Waals surface area contributed by atoms with E-state index in [2.05, 4.69) is 52.7 Å². The lowest BCUT2D eigenvalue weighted by atomic mass is 10.3. The number of hydrogen-bond acceptors (Lipinski definition) is 5. The van der Waals surface area contributed by atoms with E-state index in [0.717, 1.165) is 16.5 Å². The van der Waals surface area contributed by atoms with Crippen LogP contribution in [0.5, 0.6) is 0 Å². The summed E-state index contributed by atoms with van der Waals surface area (Å²) in [7, 11) is 0. The zero-order valence-electron chi connectivity index (χ0n) is 10.8. The number of fused-ring (bicyclic) bond motifs is 1. The third-order valence-corrected chi connectivity index (χ3v) is 5.51. The van der Waals surface area contributed by atoms with Crippen LogP contribution >= 0.6 is 34.4 Å². The van der Waals surface area contributed by atoms with Crippen LogP contribution in [0.2, 0.25) is 0 Å². The summed E-state index contributed by atoms with van der Waals surface area (Å²) in [5.41, 5.74) is 1.25. The molecule has 6 heteroatoms. The van der Waals surface area contributed by atoms with Gasteiger partial charge in [-0.05, 0) is 11.4 Å². The Bertz CT molecular complexity index is 652. The molecule has 0 aromatic carbocycles. The summed E-state index contributed by atoms with van der Waals surface area (Å²) in [4.78, 5) is 5.81. The molecule has 0 atom stereocenters. The Hall–Kier alpha value is -0.820. The lowest BCUT2D eigenvalue weighted by Gasteiger charge is -2.08. The molecule has 3 aromatic heterocycles. The molecule has 0 saturated carbocycles. The lowest BCUT2D eigenvalue weighted by molar-refractivity contribution is 0.574. The molecule has 0 amide bonds. The average Bonchev–Trinajstić information content (AvgIpc) is 3.04. The van der Waals surface area contributed by atoms with Crippen molar-refractivity contribution in [1.82, 2.24) is 14.7 Å². The molecule has 100 valence electrons. The molecule has 0 aliphatic heterocycles. The van der Waals surface area contributed by atoms with Crippen LogP contribution < -0.4 is 5.32 Å². The van der Waals surface area contributed by atoms with Gasteiger partial charge in [0.25, 0.3) is 0 Å². The summed E-state index contributed by atoms with van der Waals surface area (Å²) in [6.07, 6.45) is 2.10. The van der Waals surface area contributed by atoms with Gasteiger partial charge in [-0.2, -0.15) is 0 Å². The summed E-state index contributed by atoms with van der Waals surface area (Å²) >= 11 is 5.20. The second kappa shape index (κ2) is 5.66. The summed E-state index contributed by atoms with van der Waals surface area (Å²) in [5, 5.41) is 8.79. The number of aromatic nitrogens is 2. The first-order chi connectivity index (χ1) is 9.24. The van der Waals surface area contributed by atoms with Crippen LogP contribution in [-0.2, 0) is 6.54 Å². The fourth-order valence-corrected chi connectivity index (χ4v) is 4.37. The van der Waals surface area contributed by atoms with Crippen LogP contribution in [0, 0.1) is 0 Å². The van der Waals surface area contributed by atoms with E-state index in [-0.39, 0.29) is 0 Å². The van der Waals surface area contributed by atoms with Gasteiger partial charge in [0.15, 0.2) is 4.96 Å². The summed E-state index contributed by atoms with van der Waals surface area (Å²) in [5.74, 6) is 0. The molecule has 3 aromatic rings. The fourth-order valence-electron chi connectivity index (χ4n) is 1.77. The first-order valence-electron chi connectivity index (χ1n) is 6.13. The molecular formula is C13H15N3S3. The van der Waals surface area contributed by atoms with Crippen LogP contribution in [0.3, 0.4) is 0 Å². The van der Waals surface area contributed by atoms with Crippen molar-refractivity contribution in [1.29, 1.82) is 0 Å². The zero-order chi connectivity index (χ0) is 13.2. The summed E-state index contributed by atoms with van der Waals surface area (Å²) < 4.78 is 3.48. The van der Waals surface area contributed by atoms with E-state index in [9.17, 15) is 0 Å². The highest BCUT2D eigenvalue weighted by Crippen LogP contribution is 2.34. The van der Waals surface area contributed by atoms with Crippen LogP contribution in [0.25, 0.3) is 4.96 Å². The monoisotopic (exact) mass is 309 g/mol. The molecule has 0 bridgehead atoms. The molecule has 3 heterocycles. The van der Waals surface area contributed by atoms with Gasteiger partial charge in [0.1, 0.15) is 5.03 Å². The molecule has 0 aliphatic carbocycles. The molecule has 3 rings (SSSR count). The SMILES string of the molecule is CC(C)NCc1c(Sc2cccs2)nc2sccn12. The normalized spacial score (nSPS) is 11.7. The second-order valence-corrected chi connectivity index (χ2v) is 7.60. The highest BCUT2D eigenvalue weighted by atomic mass is 32.2. The molecule has 0 unspecified atom stereocenters. The predicted molar refractivity (Wildman–Crippen MR) is 83.5 cm³/mol.